The summed E-state index contributed by atoms with van der Waals surface area (Å²) in [5, 5.41) is 13.0. The highest BCUT2D eigenvalue weighted by molar-refractivity contribution is 5.15. The van der Waals surface area contributed by atoms with E-state index in [9.17, 15) is 0 Å². The second kappa shape index (κ2) is 3.53. The highest BCUT2D eigenvalue weighted by Crippen LogP contribution is 2.08. The Bertz CT molecular complexity index is 230. The largest absolute Gasteiger partial charge is 0.390 e. The Balaban J connectivity index is 2.83. The number of nitrogens with zero attached hydrogens (tertiary/aromatic N) is 2. The van der Waals surface area contributed by atoms with Crippen LogP contribution in [-0.4, -0.2) is 14.9 Å². The van der Waals surface area contributed by atoms with Crippen LogP contribution >= 0.6 is 0 Å². The summed E-state index contributed by atoms with van der Waals surface area (Å²) >= 11 is 0. The van der Waals surface area contributed by atoms with Gasteiger partial charge in [-0.25, -0.2) is 0 Å². The summed E-state index contributed by atoms with van der Waals surface area (Å²) in [6.07, 6.45) is 4.07. The first kappa shape index (κ1) is 8.27. The van der Waals surface area contributed by atoms with E-state index in [4.69, 9.17) is 5.11 Å². The van der Waals surface area contributed by atoms with E-state index in [-0.39, 0.29) is 6.61 Å². The van der Waals surface area contributed by atoms with Gasteiger partial charge in [0.05, 0.1) is 12.3 Å². The second-order valence-corrected chi connectivity index (χ2v) is 2.68. The maximum Gasteiger partial charge on any atom is 0.0910 e. The molecule has 1 N–H and O–H groups in total. The lowest BCUT2D eigenvalue weighted by atomic mass is 10.1. The molecule has 0 aliphatic heterocycles. The van der Waals surface area contributed by atoms with E-state index >= 15 is 0 Å². The van der Waals surface area contributed by atoms with Gasteiger partial charge in [0.2, 0.25) is 0 Å². The summed E-state index contributed by atoms with van der Waals surface area (Å²) in [6.45, 7) is 2.17. The zero-order valence-electron chi connectivity index (χ0n) is 7.04. The van der Waals surface area contributed by atoms with Gasteiger partial charge in [0.25, 0.3) is 0 Å². The molecule has 0 saturated heterocycles. The minimum absolute atomic E-state index is 0.0518. The maximum absolute atomic E-state index is 8.88. The van der Waals surface area contributed by atoms with Crippen LogP contribution in [0.1, 0.15) is 24.6 Å². The molecule has 0 atom stereocenters. The Kier molecular flexibility index (Phi) is 2.65. The number of aliphatic hydroxyl groups is 1. The lowest BCUT2D eigenvalue weighted by molar-refractivity contribution is 0.274. The molecule has 0 aromatic carbocycles. The van der Waals surface area contributed by atoms with Crippen LogP contribution in [0.25, 0.3) is 0 Å². The fraction of sp³-hybridized carbons (Fsp3) is 0.625. The van der Waals surface area contributed by atoms with E-state index in [1.807, 2.05) is 13.2 Å². The number of aryl methyl sites for hydroxylation is 2. The molecule has 62 valence electrons. The van der Waals surface area contributed by atoms with Crippen LogP contribution < -0.4 is 0 Å². The molecule has 0 bridgehead atoms. The van der Waals surface area contributed by atoms with E-state index in [0.717, 1.165) is 24.1 Å². The highest BCUT2D eigenvalue weighted by atomic mass is 16.3. The molecule has 0 unspecified atom stereocenters. The van der Waals surface area contributed by atoms with Crippen LogP contribution in [0, 0.1) is 0 Å². The molecule has 3 heteroatoms. The molecule has 0 amide bonds. The Morgan fingerprint density at radius 2 is 2.36 bits per heavy atom. The topological polar surface area (TPSA) is 38.0 Å². The normalized spacial score (nSPS) is 10.5. The molecule has 0 fully saturated rings. The van der Waals surface area contributed by atoms with Crippen LogP contribution in [0.3, 0.4) is 0 Å². The molecule has 1 aromatic rings. The standard InChI is InChI=1S/C8H14N2O/c1-3-4-7-5-10(2)9-8(7)6-11/h5,11H,3-4,6H2,1-2H3. The summed E-state index contributed by atoms with van der Waals surface area (Å²) in [6, 6.07) is 0. The molecular weight excluding hydrogens is 140 g/mol. The molecule has 3 nitrogen and oxygen atoms in total. The third kappa shape index (κ3) is 1.80. The number of aromatic nitrogens is 2. The van der Waals surface area contributed by atoms with Crippen molar-refractivity contribution in [1.29, 1.82) is 0 Å². The molecule has 0 radical (unpaired) electrons. The Labute approximate surface area is 66.7 Å². The molecule has 0 aliphatic rings. The molecule has 11 heavy (non-hydrogen) atoms. The number of rotatable bonds is 3. The highest BCUT2D eigenvalue weighted by Gasteiger charge is 2.03. The Morgan fingerprint density at radius 3 is 2.91 bits per heavy atom. The van der Waals surface area contributed by atoms with Crippen molar-refractivity contribution >= 4 is 0 Å². The van der Waals surface area contributed by atoms with Crippen LogP contribution in [0.4, 0.5) is 0 Å². The first-order chi connectivity index (χ1) is 5.27. The van der Waals surface area contributed by atoms with Crippen molar-refractivity contribution in [3.63, 3.8) is 0 Å². The molecule has 0 saturated carbocycles. The lowest BCUT2D eigenvalue weighted by Crippen LogP contribution is -1.91. The van der Waals surface area contributed by atoms with Crippen LogP contribution in [-0.2, 0) is 20.1 Å². The average molecular weight is 154 g/mol. The maximum atomic E-state index is 8.88. The zero-order chi connectivity index (χ0) is 8.27. The monoisotopic (exact) mass is 154 g/mol. The predicted octanol–water partition coefficient (Wildman–Crippen LogP) is 0.865. The molecular formula is C8H14N2O. The quantitative estimate of drug-likeness (QED) is 0.701. The van der Waals surface area contributed by atoms with E-state index in [2.05, 4.69) is 12.0 Å². The predicted molar refractivity (Wildman–Crippen MR) is 43.1 cm³/mol. The molecule has 0 spiro atoms. The summed E-state index contributed by atoms with van der Waals surface area (Å²) in [7, 11) is 1.87. The fourth-order valence-electron chi connectivity index (χ4n) is 1.19. The summed E-state index contributed by atoms with van der Waals surface area (Å²) in [4.78, 5) is 0. The SMILES string of the molecule is CCCc1cn(C)nc1CO. The van der Waals surface area contributed by atoms with Gasteiger partial charge in [0.15, 0.2) is 0 Å². The van der Waals surface area contributed by atoms with Gasteiger partial charge in [0, 0.05) is 13.2 Å². The van der Waals surface area contributed by atoms with Crippen molar-refractivity contribution < 1.29 is 5.11 Å². The first-order valence-electron chi connectivity index (χ1n) is 3.90. The fourth-order valence-corrected chi connectivity index (χ4v) is 1.19. The van der Waals surface area contributed by atoms with Gasteiger partial charge in [0.1, 0.15) is 0 Å². The van der Waals surface area contributed by atoms with Crippen LogP contribution in [0.2, 0.25) is 0 Å². The second-order valence-electron chi connectivity index (χ2n) is 2.68. The van der Waals surface area contributed by atoms with Gasteiger partial charge < -0.3 is 5.11 Å². The van der Waals surface area contributed by atoms with Gasteiger partial charge in [-0.15, -0.1) is 0 Å². The Morgan fingerprint density at radius 1 is 1.64 bits per heavy atom. The van der Waals surface area contributed by atoms with Crippen molar-refractivity contribution in [2.24, 2.45) is 7.05 Å². The number of hydrogen-bond donors (Lipinski definition) is 1. The van der Waals surface area contributed by atoms with Crippen molar-refractivity contribution in [2.45, 2.75) is 26.4 Å². The minimum Gasteiger partial charge on any atom is -0.390 e. The van der Waals surface area contributed by atoms with E-state index in [1.165, 1.54) is 0 Å². The average Bonchev–Trinajstić information content (AvgIpc) is 2.32. The third-order valence-corrected chi connectivity index (χ3v) is 1.66. The van der Waals surface area contributed by atoms with Gasteiger partial charge in [-0.3, -0.25) is 4.68 Å². The molecule has 1 aromatic heterocycles. The molecule has 1 rings (SSSR count). The number of aliphatic hydroxyl groups excluding tert-OH is 1. The van der Waals surface area contributed by atoms with Crippen molar-refractivity contribution in [2.75, 3.05) is 0 Å². The van der Waals surface area contributed by atoms with Crippen molar-refractivity contribution in [3.05, 3.63) is 17.5 Å². The Hall–Kier alpha value is -0.830. The van der Waals surface area contributed by atoms with Gasteiger partial charge >= 0.3 is 0 Å². The first-order valence-corrected chi connectivity index (χ1v) is 3.90. The smallest absolute Gasteiger partial charge is 0.0910 e. The van der Waals surface area contributed by atoms with E-state index in [0.29, 0.717) is 0 Å². The van der Waals surface area contributed by atoms with Crippen molar-refractivity contribution in [3.8, 4) is 0 Å². The number of hydrogen-bond acceptors (Lipinski definition) is 2. The van der Waals surface area contributed by atoms with Crippen molar-refractivity contribution in [1.82, 2.24) is 9.78 Å². The van der Waals surface area contributed by atoms with Gasteiger partial charge in [-0.1, -0.05) is 13.3 Å². The summed E-state index contributed by atoms with van der Waals surface area (Å²) < 4.78 is 1.75. The van der Waals surface area contributed by atoms with E-state index in [1.54, 1.807) is 4.68 Å². The zero-order valence-corrected chi connectivity index (χ0v) is 7.04. The minimum atomic E-state index is 0.0518. The van der Waals surface area contributed by atoms with Crippen LogP contribution in [0.5, 0.6) is 0 Å². The molecule has 1 heterocycles. The lowest BCUT2D eigenvalue weighted by Gasteiger charge is -1.93. The summed E-state index contributed by atoms with van der Waals surface area (Å²) in [5.74, 6) is 0. The molecule has 0 aliphatic carbocycles. The third-order valence-electron chi connectivity index (χ3n) is 1.66. The van der Waals surface area contributed by atoms with Crippen LogP contribution in [0.15, 0.2) is 6.20 Å². The van der Waals surface area contributed by atoms with Gasteiger partial charge in [-0.05, 0) is 12.0 Å². The summed E-state index contributed by atoms with van der Waals surface area (Å²) in [5.41, 5.74) is 1.98. The van der Waals surface area contributed by atoms with E-state index < -0.39 is 0 Å². The van der Waals surface area contributed by atoms with Gasteiger partial charge in [-0.2, -0.15) is 5.10 Å².